The summed E-state index contributed by atoms with van der Waals surface area (Å²) in [6.45, 7) is 1.41. The molecule has 0 heterocycles. The number of nitriles is 1. The molecule has 6 heteroatoms. The van der Waals surface area contributed by atoms with E-state index in [1.165, 1.54) is 25.1 Å². The molecule has 0 spiro atoms. The Morgan fingerprint density at radius 1 is 1.50 bits per heavy atom. The van der Waals surface area contributed by atoms with Gasteiger partial charge in [0.25, 0.3) is 0 Å². The van der Waals surface area contributed by atoms with Gasteiger partial charge in [0.2, 0.25) is 0 Å². The van der Waals surface area contributed by atoms with E-state index in [1.807, 2.05) is 0 Å². The molecule has 5 nitrogen and oxygen atoms in total. The Labute approximate surface area is 92.9 Å². The van der Waals surface area contributed by atoms with Gasteiger partial charge >= 0.3 is 5.97 Å². The summed E-state index contributed by atoms with van der Waals surface area (Å²) in [5.74, 6) is -1.84. The molecule has 0 atom stereocenters. The minimum atomic E-state index is -3.72. The van der Waals surface area contributed by atoms with Gasteiger partial charge in [-0.1, -0.05) is 6.07 Å². The molecule has 84 valence electrons. The van der Waals surface area contributed by atoms with Crippen molar-refractivity contribution >= 4 is 15.8 Å². The van der Waals surface area contributed by atoms with Crippen molar-refractivity contribution in [2.75, 3.05) is 5.75 Å². The summed E-state index contributed by atoms with van der Waals surface area (Å²) in [7, 11) is -3.72. The number of sulfone groups is 1. The van der Waals surface area contributed by atoms with Crippen LogP contribution in [0.4, 0.5) is 0 Å². The second-order valence-corrected chi connectivity index (χ2v) is 5.11. The van der Waals surface area contributed by atoms with Crippen LogP contribution >= 0.6 is 0 Å². The fraction of sp³-hybridized carbons (Fsp3) is 0.200. The van der Waals surface area contributed by atoms with E-state index >= 15 is 0 Å². The second-order valence-electron chi connectivity index (χ2n) is 3.15. The highest BCUT2D eigenvalue weighted by Gasteiger charge is 2.20. The third-order valence-electron chi connectivity index (χ3n) is 2.10. The number of carboxylic acid groups (broad SMARTS) is 1. The van der Waals surface area contributed by atoms with E-state index in [1.54, 1.807) is 6.07 Å². The Hall–Kier alpha value is -1.87. The zero-order valence-corrected chi connectivity index (χ0v) is 9.28. The van der Waals surface area contributed by atoms with E-state index in [0.29, 0.717) is 0 Å². The van der Waals surface area contributed by atoms with Crippen molar-refractivity contribution in [3.05, 3.63) is 29.3 Å². The number of carbonyl (C=O) groups is 1. The van der Waals surface area contributed by atoms with Crippen molar-refractivity contribution in [3.63, 3.8) is 0 Å². The molecule has 1 aromatic rings. The highest BCUT2D eigenvalue weighted by Crippen LogP contribution is 2.19. The molecule has 0 bridgehead atoms. The predicted molar refractivity (Wildman–Crippen MR) is 55.8 cm³/mol. The van der Waals surface area contributed by atoms with Crippen molar-refractivity contribution in [3.8, 4) is 6.07 Å². The lowest BCUT2D eigenvalue weighted by Gasteiger charge is -2.07. The van der Waals surface area contributed by atoms with Gasteiger partial charge < -0.3 is 5.11 Å². The summed E-state index contributed by atoms with van der Waals surface area (Å²) < 4.78 is 23.2. The summed E-state index contributed by atoms with van der Waals surface area (Å²) in [6.07, 6.45) is 0. The number of aromatic carboxylic acids is 1. The minimum absolute atomic E-state index is 0.0704. The number of hydrogen-bond donors (Lipinski definition) is 1. The van der Waals surface area contributed by atoms with Crippen LogP contribution in [0.15, 0.2) is 23.1 Å². The van der Waals surface area contributed by atoms with Crippen molar-refractivity contribution in [1.82, 2.24) is 0 Å². The van der Waals surface area contributed by atoms with Crippen molar-refractivity contribution in [1.29, 1.82) is 5.26 Å². The summed E-state index contributed by atoms with van der Waals surface area (Å²) >= 11 is 0. The topological polar surface area (TPSA) is 95.2 Å². The van der Waals surface area contributed by atoms with Gasteiger partial charge in [-0.3, -0.25) is 0 Å². The SMILES string of the molecule is Cc1c(C(=O)O)cccc1S(=O)(=O)CC#N. The van der Waals surface area contributed by atoms with Gasteiger partial charge in [-0.2, -0.15) is 5.26 Å². The van der Waals surface area contributed by atoms with E-state index < -0.39 is 21.6 Å². The molecule has 1 aromatic carbocycles. The molecule has 1 N–H and O–H groups in total. The number of benzene rings is 1. The standard InChI is InChI=1S/C10H9NO4S/c1-7-8(10(12)13)3-2-4-9(7)16(14,15)6-5-11/h2-4H,6H2,1H3,(H,12,13). The largest absolute Gasteiger partial charge is 0.478 e. The van der Waals surface area contributed by atoms with Crippen LogP contribution in [0, 0.1) is 18.3 Å². The third-order valence-corrected chi connectivity index (χ3v) is 3.73. The lowest BCUT2D eigenvalue weighted by Crippen LogP contribution is -2.10. The van der Waals surface area contributed by atoms with Gasteiger partial charge in [0.05, 0.1) is 16.5 Å². The molecule has 0 amide bonds. The molecular weight excluding hydrogens is 230 g/mol. The van der Waals surface area contributed by atoms with Crippen molar-refractivity contribution in [2.45, 2.75) is 11.8 Å². The average Bonchev–Trinajstić information content (AvgIpc) is 2.17. The molecule has 0 aromatic heterocycles. The predicted octanol–water partition coefficient (Wildman–Crippen LogP) is 0.991. The zero-order valence-electron chi connectivity index (χ0n) is 8.47. The Balaban J connectivity index is 3.44. The van der Waals surface area contributed by atoms with E-state index in [4.69, 9.17) is 10.4 Å². The van der Waals surface area contributed by atoms with E-state index in [9.17, 15) is 13.2 Å². The number of rotatable bonds is 3. The van der Waals surface area contributed by atoms with Crippen LogP contribution in [0.25, 0.3) is 0 Å². The first kappa shape index (κ1) is 12.2. The van der Waals surface area contributed by atoms with Crippen LogP contribution in [-0.4, -0.2) is 25.2 Å². The molecular formula is C10H9NO4S. The van der Waals surface area contributed by atoms with Gasteiger partial charge in [0.15, 0.2) is 9.84 Å². The maximum Gasteiger partial charge on any atom is 0.335 e. The number of nitrogens with zero attached hydrogens (tertiary/aromatic N) is 1. The minimum Gasteiger partial charge on any atom is -0.478 e. The molecule has 0 unspecified atom stereocenters. The molecule has 0 saturated carbocycles. The van der Waals surface area contributed by atoms with Crippen LogP contribution in [0.1, 0.15) is 15.9 Å². The second kappa shape index (κ2) is 4.33. The average molecular weight is 239 g/mol. The van der Waals surface area contributed by atoms with Crippen LogP contribution in [0.3, 0.4) is 0 Å². The van der Waals surface area contributed by atoms with Crippen LogP contribution in [0.5, 0.6) is 0 Å². The van der Waals surface area contributed by atoms with Gasteiger partial charge in [-0.15, -0.1) is 0 Å². The highest BCUT2D eigenvalue weighted by atomic mass is 32.2. The zero-order chi connectivity index (χ0) is 12.3. The van der Waals surface area contributed by atoms with E-state index in [0.717, 1.165) is 0 Å². The maximum absolute atomic E-state index is 11.6. The quantitative estimate of drug-likeness (QED) is 0.848. The Morgan fingerprint density at radius 3 is 2.62 bits per heavy atom. The summed E-state index contributed by atoms with van der Waals surface area (Å²) in [5, 5.41) is 17.2. The van der Waals surface area contributed by atoms with E-state index in [2.05, 4.69) is 0 Å². The molecule has 0 aliphatic carbocycles. The van der Waals surface area contributed by atoms with Crippen LogP contribution in [0.2, 0.25) is 0 Å². The molecule has 0 aliphatic rings. The van der Waals surface area contributed by atoms with Gasteiger partial charge in [0, 0.05) is 0 Å². The van der Waals surface area contributed by atoms with Gasteiger partial charge in [-0.25, -0.2) is 13.2 Å². The molecule has 16 heavy (non-hydrogen) atoms. The normalized spacial score (nSPS) is 10.8. The third kappa shape index (κ3) is 2.20. The lowest BCUT2D eigenvalue weighted by molar-refractivity contribution is 0.0696. The monoisotopic (exact) mass is 239 g/mol. The highest BCUT2D eigenvalue weighted by molar-refractivity contribution is 7.91. The molecule has 0 saturated heterocycles. The van der Waals surface area contributed by atoms with Crippen LogP contribution in [-0.2, 0) is 9.84 Å². The van der Waals surface area contributed by atoms with Crippen LogP contribution < -0.4 is 0 Å². The molecule has 1 rings (SSSR count). The summed E-state index contributed by atoms with van der Waals surface area (Å²) in [6, 6.07) is 5.52. The molecule has 0 radical (unpaired) electrons. The van der Waals surface area contributed by atoms with Crippen molar-refractivity contribution < 1.29 is 18.3 Å². The summed E-state index contributed by atoms with van der Waals surface area (Å²) in [4.78, 5) is 10.7. The Morgan fingerprint density at radius 2 is 2.12 bits per heavy atom. The summed E-state index contributed by atoms with van der Waals surface area (Å²) in [5.41, 5.74) is 0.0873. The van der Waals surface area contributed by atoms with Crippen molar-refractivity contribution in [2.24, 2.45) is 0 Å². The first-order valence-corrected chi connectivity index (χ1v) is 5.98. The first-order valence-electron chi connectivity index (χ1n) is 4.33. The van der Waals surface area contributed by atoms with E-state index in [-0.39, 0.29) is 16.0 Å². The Kier molecular flexibility index (Phi) is 3.30. The first-order chi connectivity index (χ1) is 7.40. The number of hydrogen-bond acceptors (Lipinski definition) is 4. The Bertz CT molecular complexity index is 569. The molecule has 0 aliphatic heterocycles. The van der Waals surface area contributed by atoms with Gasteiger partial charge in [0.1, 0.15) is 5.75 Å². The maximum atomic E-state index is 11.6. The molecule has 0 fully saturated rings. The fourth-order valence-corrected chi connectivity index (χ4v) is 2.53. The fourth-order valence-electron chi connectivity index (χ4n) is 1.35. The van der Waals surface area contributed by atoms with Gasteiger partial charge in [-0.05, 0) is 24.6 Å². The lowest BCUT2D eigenvalue weighted by atomic mass is 10.1. The number of carboxylic acids is 1. The smallest absolute Gasteiger partial charge is 0.335 e.